The van der Waals surface area contributed by atoms with Crippen molar-refractivity contribution >= 4 is 6.08 Å². The lowest BCUT2D eigenvalue weighted by Crippen LogP contribution is -1.98. The van der Waals surface area contributed by atoms with Crippen molar-refractivity contribution in [2.45, 2.75) is 19.8 Å². The van der Waals surface area contributed by atoms with E-state index in [-0.39, 0.29) is 5.92 Å². The summed E-state index contributed by atoms with van der Waals surface area (Å²) < 4.78 is 26.0. The molecule has 0 spiro atoms. The summed E-state index contributed by atoms with van der Waals surface area (Å²) in [7, 11) is 0. The van der Waals surface area contributed by atoms with Crippen LogP contribution in [0.5, 0.6) is 0 Å². The maximum Gasteiger partial charge on any atom is 0.130 e. The van der Waals surface area contributed by atoms with Gasteiger partial charge in [0.25, 0.3) is 0 Å². The molecule has 0 aliphatic rings. The fourth-order valence-electron chi connectivity index (χ4n) is 1.38. The first-order chi connectivity index (χ1) is 6.06. The van der Waals surface area contributed by atoms with Gasteiger partial charge in [-0.05, 0) is 23.1 Å². The van der Waals surface area contributed by atoms with E-state index in [9.17, 15) is 8.78 Å². The lowest BCUT2D eigenvalue weighted by molar-refractivity contribution is 0.564. The molecule has 0 fully saturated rings. The Morgan fingerprint density at radius 2 is 1.92 bits per heavy atom. The van der Waals surface area contributed by atoms with Gasteiger partial charge in [-0.25, -0.2) is 8.78 Å². The van der Waals surface area contributed by atoms with Crippen molar-refractivity contribution in [3.8, 4) is 0 Å². The molecule has 0 nitrogen and oxygen atoms in total. The molecule has 0 atom stereocenters. The summed E-state index contributed by atoms with van der Waals surface area (Å²) >= 11 is 0. The van der Waals surface area contributed by atoms with Crippen molar-refractivity contribution in [1.29, 1.82) is 0 Å². The number of halogens is 2. The summed E-state index contributed by atoms with van der Waals surface area (Å²) in [4.78, 5) is 0. The first-order valence-corrected chi connectivity index (χ1v) is 4.17. The second-order valence-electron chi connectivity index (χ2n) is 3.25. The molecule has 0 aromatic heterocycles. The van der Waals surface area contributed by atoms with E-state index < -0.39 is 11.6 Å². The van der Waals surface area contributed by atoms with Gasteiger partial charge < -0.3 is 0 Å². The van der Waals surface area contributed by atoms with E-state index in [1.54, 1.807) is 0 Å². The third-order valence-corrected chi connectivity index (χ3v) is 1.92. The molecule has 1 aromatic rings. The monoisotopic (exact) mass is 182 g/mol. The fraction of sp³-hybridized carbons (Fsp3) is 0.273. The topological polar surface area (TPSA) is 0 Å². The highest BCUT2D eigenvalue weighted by Crippen LogP contribution is 2.24. The van der Waals surface area contributed by atoms with E-state index in [1.165, 1.54) is 12.1 Å². The number of benzene rings is 1. The third-order valence-electron chi connectivity index (χ3n) is 1.92. The Morgan fingerprint density at radius 1 is 1.31 bits per heavy atom. The summed E-state index contributed by atoms with van der Waals surface area (Å²) in [5, 5.41) is 0. The van der Waals surface area contributed by atoms with E-state index >= 15 is 0 Å². The van der Waals surface area contributed by atoms with Gasteiger partial charge in [-0.15, -0.1) is 0 Å². The van der Waals surface area contributed by atoms with Gasteiger partial charge in [0.15, 0.2) is 0 Å². The van der Waals surface area contributed by atoms with Crippen LogP contribution in [0, 0.1) is 11.6 Å². The Hall–Kier alpha value is -1.18. The summed E-state index contributed by atoms with van der Waals surface area (Å²) in [6, 6.07) is 2.20. The van der Waals surface area contributed by atoms with Crippen molar-refractivity contribution in [2.24, 2.45) is 0 Å². The van der Waals surface area contributed by atoms with E-state index in [2.05, 4.69) is 6.58 Å². The first kappa shape index (κ1) is 9.90. The summed E-state index contributed by atoms with van der Waals surface area (Å²) in [5.74, 6) is -1.02. The standard InChI is InChI=1S/C11H12F2/c1-4-8-5-9(12)6-10(13)11(8)7(2)3/h4-7H,1H2,2-3H3. The van der Waals surface area contributed by atoms with Crippen LogP contribution in [0.1, 0.15) is 30.9 Å². The molecule has 1 rings (SSSR count). The van der Waals surface area contributed by atoms with Gasteiger partial charge in [0.1, 0.15) is 11.6 Å². The van der Waals surface area contributed by atoms with Crippen LogP contribution in [0.4, 0.5) is 8.78 Å². The van der Waals surface area contributed by atoms with Crippen LogP contribution in [0.3, 0.4) is 0 Å². The molecule has 0 heterocycles. The second kappa shape index (κ2) is 3.69. The number of hydrogen-bond donors (Lipinski definition) is 0. The van der Waals surface area contributed by atoms with Crippen molar-refractivity contribution in [2.75, 3.05) is 0 Å². The van der Waals surface area contributed by atoms with Crippen LogP contribution in [-0.4, -0.2) is 0 Å². The molecule has 0 saturated heterocycles. The largest absolute Gasteiger partial charge is 0.207 e. The zero-order chi connectivity index (χ0) is 10.0. The molecule has 0 N–H and O–H groups in total. The van der Waals surface area contributed by atoms with Crippen LogP contribution < -0.4 is 0 Å². The lowest BCUT2D eigenvalue weighted by Gasteiger charge is -2.10. The van der Waals surface area contributed by atoms with Gasteiger partial charge in [-0.3, -0.25) is 0 Å². The fourth-order valence-corrected chi connectivity index (χ4v) is 1.38. The predicted molar refractivity (Wildman–Crippen MR) is 50.5 cm³/mol. The molecule has 0 amide bonds. The van der Waals surface area contributed by atoms with E-state index in [4.69, 9.17) is 0 Å². The minimum absolute atomic E-state index is 0.0357. The molecule has 0 aliphatic heterocycles. The zero-order valence-corrected chi connectivity index (χ0v) is 7.77. The van der Waals surface area contributed by atoms with Crippen LogP contribution >= 0.6 is 0 Å². The Bertz CT molecular complexity index is 327. The van der Waals surface area contributed by atoms with Gasteiger partial charge in [-0.1, -0.05) is 26.5 Å². The van der Waals surface area contributed by atoms with Gasteiger partial charge in [0, 0.05) is 6.07 Å². The van der Waals surface area contributed by atoms with Crippen LogP contribution in [0.2, 0.25) is 0 Å². The minimum Gasteiger partial charge on any atom is -0.207 e. The number of rotatable bonds is 2. The molecule has 2 heteroatoms. The van der Waals surface area contributed by atoms with Gasteiger partial charge in [0.05, 0.1) is 0 Å². The zero-order valence-electron chi connectivity index (χ0n) is 7.77. The molecule has 0 saturated carbocycles. The normalized spacial score (nSPS) is 10.5. The molecule has 1 aromatic carbocycles. The number of hydrogen-bond acceptors (Lipinski definition) is 0. The Kier molecular flexibility index (Phi) is 2.81. The minimum atomic E-state index is -0.559. The molecule has 0 unspecified atom stereocenters. The Labute approximate surface area is 76.9 Å². The Balaban J connectivity index is 3.38. The van der Waals surface area contributed by atoms with Crippen molar-refractivity contribution in [3.05, 3.63) is 41.5 Å². The highest BCUT2D eigenvalue weighted by molar-refractivity contribution is 5.53. The maximum atomic E-state index is 13.3. The maximum absolute atomic E-state index is 13.3. The van der Waals surface area contributed by atoms with Gasteiger partial charge in [-0.2, -0.15) is 0 Å². The van der Waals surface area contributed by atoms with Gasteiger partial charge >= 0.3 is 0 Å². The summed E-state index contributed by atoms with van der Waals surface area (Å²) in [5.41, 5.74) is 1.06. The predicted octanol–water partition coefficient (Wildman–Crippen LogP) is 3.73. The molecule has 70 valence electrons. The highest BCUT2D eigenvalue weighted by atomic mass is 19.1. The van der Waals surface area contributed by atoms with Crippen molar-refractivity contribution in [1.82, 2.24) is 0 Å². The van der Waals surface area contributed by atoms with E-state index in [1.807, 2.05) is 13.8 Å². The van der Waals surface area contributed by atoms with Crippen LogP contribution in [-0.2, 0) is 0 Å². The van der Waals surface area contributed by atoms with Crippen LogP contribution in [0.25, 0.3) is 6.08 Å². The SMILES string of the molecule is C=Cc1cc(F)cc(F)c1C(C)C. The molecule has 0 radical (unpaired) electrons. The summed E-state index contributed by atoms with van der Waals surface area (Å²) in [6.45, 7) is 7.25. The highest BCUT2D eigenvalue weighted by Gasteiger charge is 2.11. The molecule has 13 heavy (non-hydrogen) atoms. The lowest BCUT2D eigenvalue weighted by atomic mass is 9.96. The molecular weight excluding hydrogens is 170 g/mol. The molecular formula is C11H12F2. The van der Waals surface area contributed by atoms with E-state index in [0.717, 1.165) is 6.07 Å². The average Bonchev–Trinajstić information content (AvgIpc) is 2.01. The summed E-state index contributed by atoms with van der Waals surface area (Å²) in [6.07, 6.45) is 1.47. The Morgan fingerprint density at radius 3 is 2.38 bits per heavy atom. The van der Waals surface area contributed by atoms with Gasteiger partial charge in [0.2, 0.25) is 0 Å². The van der Waals surface area contributed by atoms with Crippen molar-refractivity contribution in [3.63, 3.8) is 0 Å². The second-order valence-corrected chi connectivity index (χ2v) is 3.25. The van der Waals surface area contributed by atoms with E-state index in [0.29, 0.717) is 11.1 Å². The van der Waals surface area contributed by atoms with Crippen LogP contribution in [0.15, 0.2) is 18.7 Å². The smallest absolute Gasteiger partial charge is 0.130 e. The third kappa shape index (κ3) is 1.94. The average molecular weight is 182 g/mol. The van der Waals surface area contributed by atoms with Crippen molar-refractivity contribution < 1.29 is 8.78 Å². The molecule has 0 aliphatic carbocycles. The molecule has 0 bridgehead atoms. The first-order valence-electron chi connectivity index (χ1n) is 4.17. The quantitative estimate of drug-likeness (QED) is 0.653.